The highest BCUT2D eigenvalue weighted by Gasteiger charge is 2.01. The second-order valence-electron chi connectivity index (χ2n) is 2.32. The van der Waals surface area contributed by atoms with Crippen molar-refractivity contribution in [1.82, 2.24) is 0 Å². The molecule has 0 radical (unpaired) electrons. The van der Waals surface area contributed by atoms with Crippen LogP contribution in [0.25, 0.3) is 0 Å². The number of hydrogen-bond donors (Lipinski definition) is 2. The van der Waals surface area contributed by atoms with Crippen molar-refractivity contribution in [3.05, 3.63) is 0 Å². The van der Waals surface area contributed by atoms with E-state index in [1.807, 2.05) is 0 Å². The summed E-state index contributed by atoms with van der Waals surface area (Å²) in [6.07, 6.45) is 1.19. The van der Waals surface area contributed by atoms with Gasteiger partial charge in [-0.1, -0.05) is 20.3 Å². The Balaban J connectivity index is 3.10. The Morgan fingerprint density at radius 1 is 1.62 bits per heavy atom. The fourth-order valence-electron chi connectivity index (χ4n) is 0.579. The van der Waals surface area contributed by atoms with Crippen LogP contribution in [0.5, 0.6) is 0 Å². The van der Waals surface area contributed by atoms with E-state index in [4.69, 9.17) is 10.8 Å². The monoisotopic (exact) mass is 117 g/mol. The third kappa shape index (κ3) is 4.09. The van der Waals surface area contributed by atoms with Crippen molar-refractivity contribution < 1.29 is 5.11 Å². The lowest BCUT2D eigenvalue weighted by atomic mass is 10.1. The van der Waals surface area contributed by atoms with Gasteiger partial charge in [0.05, 0.1) is 0 Å². The number of aliphatic hydroxyl groups is 1. The molecule has 2 nitrogen and oxygen atoms in total. The molecule has 0 bridgehead atoms. The fourth-order valence-corrected chi connectivity index (χ4v) is 0.579. The molecular weight excluding hydrogens is 102 g/mol. The maximum absolute atomic E-state index is 8.63. The van der Waals surface area contributed by atoms with Gasteiger partial charge in [-0.3, -0.25) is 0 Å². The van der Waals surface area contributed by atoms with E-state index in [2.05, 4.69) is 13.8 Å². The third-order valence-corrected chi connectivity index (χ3v) is 1.34. The van der Waals surface area contributed by atoms with Crippen LogP contribution in [0.4, 0.5) is 0 Å². The van der Waals surface area contributed by atoms with Crippen LogP contribution in [0.15, 0.2) is 0 Å². The summed E-state index contributed by atoms with van der Waals surface area (Å²) in [6, 6.07) is 0. The zero-order chi connectivity index (χ0) is 6.57. The van der Waals surface area contributed by atoms with Gasteiger partial charge in [0.2, 0.25) is 0 Å². The molecule has 0 aromatic carbocycles. The highest BCUT2D eigenvalue weighted by Crippen LogP contribution is 2.06. The van der Waals surface area contributed by atoms with E-state index in [9.17, 15) is 0 Å². The molecular formula is C6H15NO. The van der Waals surface area contributed by atoms with E-state index >= 15 is 0 Å². The molecule has 0 rings (SSSR count). The van der Waals surface area contributed by atoms with Crippen LogP contribution in [-0.2, 0) is 0 Å². The number of rotatable bonds is 3. The maximum atomic E-state index is 8.63. The van der Waals surface area contributed by atoms with Crippen LogP contribution >= 0.6 is 0 Å². The van der Waals surface area contributed by atoms with Gasteiger partial charge < -0.3 is 10.8 Å². The smallest absolute Gasteiger partial charge is 0.102 e. The van der Waals surface area contributed by atoms with Gasteiger partial charge in [0.1, 0.15) is 6.23 Å². The topological polar surface area (TPSA) is 46.2 Å². The first-order valence-corrected chi connectivity index (χ1v) is 3.10. The molecule has 2 heteroatoms. The average Bonchev–Trinajstić information content (AvgIpc) is 1.65. The molecule has 0 fully saturated rings. The molecule has 0 saturated heterocycles. The van der Waals surface area contributed by atoms with E-state index < -0.39 is 6.23 Å². The van der Waals surface area contributed by atoms with Crippen LogP contribution in [0, 0.1) is 5.92 Å². The Bertz CT molecular complexity index is 54.5. The first-order chi connectivity index (χ1) is 3.66. The molecule has 0 aliphatic rings. The zero-order valence-corrected chi connectivity index (χ0v) is 5.59. The van der Waals surface area contributed by atoms with Crippen LogP contribution in [0.1, 0.15) is 26.7 Å². The molecule has 0 saturated carbocycles. The molecule has 0 spiro atoms. The zero-order valence-electron chi connectivity index (χ0n) is 5.59. The highest BCUT2D eigenvalue weighted by molar-refractivity contribution is 4.52. The van der Waals surface area contributed by atoms with Gasteiger partial charge in [0, 0.05) is 0 Å². The minimum absolute atomic E-state index is 0.551. The second kappa shape index (κ2) is 3.87. The summed E-state index contributed by atoms with van der Waals surface area (Å²) in [6.45, 7) is 4.17. The van der Waals surface area contributed by atoms with Crippen molar-refractivity contribution in [3.8, 4) is 0 Å². The van der Waals surface area contributed by atoms with Crippen LogP contribution < -0.4 is 5.73 Å². The summed E-state index contributed by atoms with van der Waals surface area (Å²) >= 11 is 0. The molecule has 2 unspecified atom stereocenters. The Morgan fingerprint density at radius 2 is 2.12 bits per heavy atom. The molecule has 3 N–H and O–H groups in total. The molecule has 50 valence electrons. The lowest BCUT2D eigenvalue weighted by Gasteiger charge is -2.08. The molecule has 0 aromatic heterocycles. The normalized spacial score (nSPS) is 18.0. The van der Waals surface area contributed by atoms with Gasteiger partial charge in [-0.05, 0) is 12.3 Å². The van der Waals surface area contributed by atoms with Crippen molar-refractivity contribution in [2.75, 3.05) is 0 Å². The van der Waals surface area contributed by atoms with Gasteiger partial charge in [-0.2, -0.15) is 0 Å². The Morgan fingerprint density at radius 3 is 2.25 bits per heavy atom. The van der Waals surface area contributed by atoms with E-state index in [-0.39, 0.29) is 0 Å². The Labute approximate surface area is 50.7 Å². The van der Waals surface area contributed by atoms with E-state index in [0.29, 0.717) is 5.92 Å². The molecule has 0 amide bonds. The van der Waals surface area contributed by atoms with Gasteiger partial charge in [0.25, 0.3) is 0 Å². The third-order valence-electron chi connectivity index (χ3n) is 1.34. The average molecular weight is 117 g/mol. The number of hydrogen-bond acceptors (Lipinski definition) is 2. The van der Waals surface area contributed by atoms with Crippen molar-refractivity contribution >= 4 is 0 Å². The molecule has 0 aliphatic carbocycles. The lowest BCUT2D eigenvalue weighted by molar-refractivity contribution is 0.151. The molecule has 0 aliphatic heterocycles. The van der Waals surface area contributed by atoms with Crippen LogP contribution in [0.3, 0.4) is 0 Å². The highest BCUT2D eigenvalue weighted by atomic mass is 16.3. The summed E-state index contributed by atoms with van der Waals surface area (Å²) in [7, 11) is 0. The molecule has 8 heavy (non-hydrogen) atoms. The summed E-state index contributed by atoms with van der Waals surface area (Å²) in [4.78, 5) is 0. The van der Waals surface area contributed by atoms with Crippen LogP contribution in [0.2, 0.25) is 0 Å². The predicted molar refractivity (Wildman–Crippen MR) is 34.3 cm³/mol. The standard InChI is InChI=1S/C6H15NO/c1-3-5(2)4-6(7)8/h5-6,8H,3-4,7H2,1-2H3. The van der Waals surface area contributed by atoms with Crippen molar-refractivity contribution in [3.63, 3.8) is 0 Å². The minimum Gasteiger partial charge on any atom is -0.379 e. The summed E-state index contributed by atoms with van der Waals surface area (Å²) in [5, 5.41) is 8.63. The summed E-state index contributed by atoms with van der Waals surface area (Å²) in [5.41, 5.74) is 5.12. The van der Waals surface area contributed by atoms with E-state index in [1.165, 1.54) is 0 Å². The first kappa shape index (κ1) is 7.92. The summed E-state index contributed by atoms with van der Waals surface area (Å²) in [5.74, 6) is 0.551. The number of nitrogens with two attached hydrogens (primary N) is 1. The van der Waals surface area contributed by atoms with Gasteiger partial charge in [-0.15, -0.1) is 0 Å². The van der Waals surface area contributed by atoms with Gasteiger partial charge >= 0.3 is 0 Å². The SMILES string of the molecule is CCC(C)CC(N)O. The van der Waals surface area contributed by atoms with E-state index in [1.54, 1.807) is 0 Å². The summed E-state index contributed by atoms with van der Waals surface area (Å²) < 4.78 is 0. The van der Waals surface area contributed by atoms with Gasteiger partial charge in [0.15, 0.2) is 0 Å². The van der Waals surface area contributed by atoms with Crippen molar-refractivity contribution in [1.29, 1.82) is 0 Å². The molecule has 0 aromatic rings. The maximum Gasteiger partial charge on any atom is 0.102 e. The van der Waals surface area contributed by atoms with Crippen LogP contribution in [-0.4, -0.2) is 11.3 Å². The van der Waals surface area contributed by atoms with Crippen molar-refractivity contribution in [2.45, 2.75) is 32.9 Å². The molecule has 2 atom stereocenters. The van der Waals surface area contributed by atoms with Crippen molar-refractivity contribution in [2.24, 2.45) is 11.7 Å². The van der Waals surface area contributed by atoms with E-state index in [0.717, 1.165) is 12.8 Å². The van der Waals surface area contributed by atoms with Gasteiger partial charge in [-0.25, -0.2) is 0 Å². The fraction of sp³-hybridized carbons (Fsp3) is 1.00. The Kier molecular flexibility index (Phi) is 3.83. The number of aliphatic hydroxyl groups excluding tert-OH is 1. The second-order valence-corrected chi connectivity index (χ2v) is 2.32. The largest absolute Gasteiger partial charge is 0.379 e. The molecule has 0 heterocycles. The Hall–Kier alpha value is -0.0800. The predicted octanol–water partition coefficient (Wildman–Crippen LogP) is 0.700. The lowest BCUT2D eigenvalue weighted by Crippen LogP contribution is -2.21. The minimum atomic E-state index is -0.620. The first-order valence-electron chi connectivity index (χ1n) is 3.10. The quantitative estimate of drug-likeness (QED) is 0.534.